The number of carboxylic acids is 1. The molecule has 7 heteroatoms. The number of hydrogen-bond donors (Lipinski definition) is 3. The summed E-state index contributed by atoms with van der Waals surface area (Å²) in [6.07, 6.45) is 0. The number of carbonyl (C=O) groups is 2. The van der Waals surface area contributed by atoms with Crippen LogP contribution in [0.1, 0.15) is 20.8 Å². The van der Waals surface area contributed by atoms with Gasteiger partial charge in [0.1, 0.15) is 11.9 Å². The zero-order valence-corrected chi connectivity index (χ0v) is 12.1. The molecule has 0 aliphatic carbocycles. The van der Waals surface area contributed by atoms with E-state index in [1.165, 1.54) is 12.1 Å². The summed E-state index contributed by atoms with van der Waals surface area (Å²) < 4.78 is 13.5. The largest absolute Gasteiger partial charge is 0.480 e. The minimum atomic E-state index is -1.16. The van der Waals surface area contributed by atoms with Gasteiger partial charge in [0, 0.05) is 5.02 Å². The van der Waals surface area contributed by atoms with Gasteiger partial charge in [0.25, 0.3) is 0 Å². The molecule has 0 bridgehead atoms. The van der Waals surface area contributed by atoms with Crippen molar-refractivity contribution < 1.29 is 19.1 Å². The van der Waals surface area contributed by atoms with E-state index in [0.717, 1.165) is 6.07 Å². The summed E-state index contributed by atoms with van der Waals surface area (Å²) in [5.74, 6) is -1.86. The van der Waals surface area contributed by atoms with Gasteiger partial charge in [0.2, 0.25) is 0 Å². The molecule has 110 valence electrons. The van der Waals surface area contributed by atoms with Crippen LogP contribution in [-0.2, 0) is 4.79 Å². The minimum Gasteiger partial charge on any atom is -0.480 e. The molecule has 1 rings (SSSR count). The topological polar surface area (TPSA) is 78.4 Å². The Balaban J connectivity index is 2.79. The fourth-order valence-corrected chi connectivity index (χ4v) is 1.69. The Morgan fingerprint density at radius 3 is 2.40 bits per heavy atom. The number of amides is 2. The average molecular weight is 303 g/mol. The summed E-state index contributed by atoms with van der Waals surface area (Å²) in [4.78, 5) is 22.8. The monoisotopic (exact) mass is 302 g/mol. The number of nitrogens with one attached hydrogen (secondary N) is 2. The molecule has 0 radical (unpaired) electrons. The molecule has 3 N–H and O–H groups in total. The van der Waals surface area contributed by atoms with Crippen LogP contribution in [0.5, 0.6) is 0 Å². The minimum absolute atomic E-state index is 0.0788. The highest BCUT2D eigenvalue weighted by Crippen LogP contribution is 2.21. The molecule has 0 saturated carbocycles. The summed E-state index contributed by atoms with van der Waals surface area (Å²) in [5, 5.41) is 13.8. The van der Waals surface area contributed by atoms with Gasteiger partial charge in [-0.2, -0.15) is 0 Å². The van der Waals surface area contributed by atoms with Crippen molar-refractivity contribution in [3.63, 3.8) is 0 Å². The number of aliphatic carboxylic acids is 1. The fraction of sp³-hybridized carbons (Fsp3) is 0.385. The first kappa shape index (κ1) is 16.2. The second-order valence-electron chi connectivity index (χ2n) is 5.36. The quantitative estimate of drug-likeness (QED) is 0.803. The number of benzene rings is 1. The zero-order chi connectivity index (χ0) is 15.5. The molecule has 0 saturated heterocycles. The molecule has 1 atom stereocenters. The van der Waals surface area contributed by atoms with Crippen LogP contribution in [0, 0.1) is 11.2 Å². The van der Waals surface area contributed by atoms with Gasteiger partial charge < -0.3 is 15.7 Å². The van der Waals surface area contributed by atoms with Gasteiger partial charge in [-0.05, 0) is 23.6 Å². The van der Waals surface area contributed by atoms with Crippen LogP contribution in [0.2, 0.25) is 5.02 Å². The molecule has 0 fully saturated rings. The van der Waals surface area contributed by atoms with E-state index in [4.69, 9.17) is 16.7 Å². The molecular weight excluding hydrogens is 287 g/mol. The van der Waals surface area contributed by atoms with Crippen molar-refractivity contribution in [3.05, 3.63) is 29.0 Å². The molecule has 2 amide bonds. The normalized spacial score (nSPS) is 12.7. The molecule has 0 aliphatic rings. The van der Waals surface area contributed by atoms with E-state index in [9.17, 15) is 14.0 Å². The lowest BCUT2D eigenvalue weighted by Crippen LogP contribution is -2.50. The predicted octanol–water partition coefficient (Wildman–Crippen LogP) is 3.10. The third-order valence-electron chi connectivity index (χ3n) is 2.57. The Bertz CT molecular complexity index is 529. The van der Waals surface area contributed by atoms with Crippen molar-refractivity contribution in [3.8, 4) is 0 Å². The predicted molar refractivity (Wildman–Crippen MR) is 74.4 cm³/mol. The molecule has 1 unspecified atom stereocenters. The molecule has 0 spiro atoms. The van der Waals surface area contributed by atoms with Gasteiger partial charge in [-0.3, -0.25) is 0 Å². The summed E-state index contributed by atoms with van der Waals surface area (Å²) in [5.41, 5.74) is -0.758. The maximum absolute atomic E-state index is 13.5. The third-order valence-corrected chi connectivity index (χ3v) is 2.80. The Labute approximate surface area is 121 Å². The van der Waals surface area contributed by atoms with Crippen LogP contribution in [0.15, 0.2) is 18.2 Å². The molecule has 0 heterocycles. The van der Waals surface area contributed by atoms with E-state index >= 15 is 0 Å². The third kappa shape index (κ3) is 4.38. The van der Waals surface area contributed by atoms with Gasteiger partial charge in [-0.1, -0.05) is 32.4 Å². The molecule has 20 heavy (non-hydrogen) atoms. The summed E-state index contributed by atoms with van der Waals surface area (Å²) >= 11 is 5.59. The van der Waals surface area contributed by atoms with Crippen LogP contribution in [0.4, 0.5) is 14.9 Å². The molecule has 0 aliphatic heterocycles. The number of urea groups is 1. The smallest absolute Gasteiger partial charge is 0.326 e. The van der Waals surface area contributed by atoms with E-state index in [1.54, 1.807) is 20.8 Å². The second-order valence-corrected chi connectivity index (χ2v) is 5.80. The van der Waals surface area contributed by atoms with Crippen molar-refractivity contribution >= 4 is 29.3 Å². The number of carboxylic acid groups (broad SMARTS) is 1. The van der Waals surface area contributed by atoms with Crippen molar-refractivity contribution in [1.82, 2.24) is 5.32 Å². The standard InChI is InChI=1S/C13H16ClFN2O3/c1-13(2,3)10(11(18)19)17-12(20)16-9-5-4-7(14)6-8(9)15/h4-6,10H,1-3H3,(H,18,19)(H2,16,17,20). The Morgan fingerprint density at radius 2 is 1.95 bits per heavy atom. The van der Waals surface area contributed by atoms with Gasteiger partial charge in [-0.25, -0.2) is 14.0 Å². The highest BCUT2D eigenvalue weighted by atomic mass is 35.5. The van der Waals surface area contributed by atoms with Crippen molar-refractivity contribution in [2.45, 2.75) is 26.8 Å². The van der Waals surface area contributed by atoms with Crippen molar-refractivity contribution in [1.29, 1.82) is 0 Å². The Kier molecular flexibility index (Phi) is 4.94. The van der Waals surface area contributed by atoms with E-state index in [1.807, 2.05) is 0 Å². The number of hydrogen-bond acceptors (Lipinski definition) is 2. The van der Waals surface area contributed by atoms with E-state index < -0.39 is 29.3 Å². The summed E-state index contributed by atoms with van der Waals surface area (Å²) in [6.45, 7) is 5.03. The van der Waals surface area contributed by atoms with Crippen LogP contribution < -0.4 is 10.6 Å². The number of rotatable bonds is 3. The average Bonchev–Trinajstić information content (AvgIpc) is 2.28. The molecule has 0 aromatic heterocycles. The Morgan fingerprint density at radius 1 is 1.35 bits per heavy atom. The lowest BCUT2D eigenvalue weighted by Gasteiger charge is -2.27. The fourth-order valence-electron chi connectivity index (χ4n) is 1.53. The first-order chi connectivity index (χ1) is 9.11. The van der Waals surface area contributed by atoms with Gasteiger partial charge >= 0.3 is 12.0 Å². The molecule has 1 aromatic rings. The Hall–Kier alpha value is -1.82. The van der Waals surface area contributed by atoms with Gasteiger partial charge in [0.05, 0.1) is 5.69 Å². The number of anilines is 1. The highest BCUT2D eigenvalue weighted by molar-refractivity contribution is 6.30. The van der Waals surface area contributed by atoms with Crippen molar-refractivity contribution in [2.75, 3.05) is 5.32 Å². The lowest BCUT2D eigenvalue weighted by atomic mass is 9.87. The van der Waals surface area contributed by atoms with Gasteiger partial charge in [0.15, 0.2) is 0 Å². The highest BCUT2D eigenvalue weighted by Gasteiger charge is 2.32. The number of halogens is 2. The molecule has 1 aromatic carbocycles. The lowest BCUT2D eigenvalue weighted by molar-refractivity contribution is -0.141. The first-order valence-electron chi connectivity index (χ1n) is 5.86. The first-order valence-corrected chi connectivity index (χ1v) is 6.24. The van der Waals surface area contributed by atoms with Crippen molar-refractivity contribution in [2.24, 2.45) is 5.41 Å². The zero-order valence-electron chi connectivity index (χ0n) is 11.3. The molecule has 5 nitrogen and oxygen atoms in total. The summed E-state index contributed by atoms with van der Waals surface area (Å²) in [7, 11) is 0. The van der Waals surface area contributed by atoms with Crippen LogP contribution in [0.25, 0.3) is 0 Å². The van der Waals surface area contributed by atoms with E-state index in [0.29, 0.717) is 0 Å². The van der Waals surface area contributed by atoms with Crippen LogP contribution >= 0.6 is 11.6 Å². The van der Waals surface area contributed by atoms with Crippen LogP contribution in [-0.4, -0.2) is 23.1 Å². The van der Waals surface area contributed by atoms with E-state index in [2.05, 4.69) is 10.6 Å². The maximum Gasteiger partial charge on any atom is 0.326 e. The molecular formula is C13H16ClFN2O3. The summed E-state index contributed by atoms with van der Waals surface area (Å²) in [6, 6.07) is 1.87. The second kappa shape index (κ2) is 6.09. The van der Waals surface area contributed by atoms with Gasteiger partial charge in [-0.15, -0.1) is 0 Å². The maximum atomic E-state index is 13.5. The van der Waals surface area contributed by atoms with Crippen LogP contribution in [0.3, 0.4) is 0 Å². The number of carbonyl (C=O) groups excluding carboxylic acids is 1. The van der Waals surface area contributed by atoms with E-state index in [-0.39, 0.29) is 10.7 Å². The SMILES string of the molecule is CC(C)(C)C(NC(=O)Nc1ccc(Cl)cc1F)C(=O)O.